The Bertz CT molecular complexity index is 454. The molecule has 0 aliphatic carbocycles. The molecule has 0 radical (unpaired) electrons. The third-order valence-electron chi connectivity index (χ3n) is 3.01. The Morgan fingerprint density at radius 3 is 2.78 bits per heavy atom. The number of amides is 1. The van der Waals surface area contributed by atoms with Crippen LogP contribution >= 0.6 is 0 Å². The third kappa shape index (κ3) is 2.83. The summed E-state index contributed by atoms with van der Waals surface area (Å²) < 4.78 is 25.6. The fourth-order valence-corrected chi connectivity index (χ4v) is 1.89. The van der Waals surface area contributed by atoms with Gasteiger partial charge >= 0.3 is 0 Å². The molecule has 0 bridgehead atoms. The number of hydrogen-bond donors (Lipinski definition) is 3. The summed E-state index contributed by atoms with van der Waals surface area (Å²) in [4.78, 5) is 11.7. The molecule has 2 atom stereocenters. The van der Waals surface area contributed by atoms with Crippen LogP contribution in [-0.2, 0) is 0 Å². The molecule has 1 amide bonds. The van der Waals surface area contributed by atoms with Gasteiger partial charge in [-0.3, -0.25) is 4.79 Å². The Morgan fingerprint density at radius 2 is 2.17 bits per heavy atom. The first kappa shape index (κ1) is 12.9. The minimum atomic E-state index is -1.05. The Morgan fingerprint density at radius 1 is 1.39 bits per heavy atom. The number of carbonyl (C=O) groups is 1. The molecule has 18 heavy (non-hydrogen) atoms. The van der Waals surface area contributed by atoms with Crippen molar-refractivity contribution in [2.24, 2.45) is 5.92 Å². The molecule has 2 rings (SSSR count). The van der Waals surface area contributed by atoms with Gasteiger partial charge in [0, 0.05) is 31.1 Å². The molecule has 1 saturated heterocycles. The minimum Gasteiger partial charge on any atom is -0.391 e. The normalized spacial score (nSPS) is 23.1. The zero-order chi connectivity index (χ0) is 13.1. The Kier molecular flexibility index (Phi) is 3.88. The van der Waals surface area contributed by atoms with E-state index in [9.17, 15) is 18.7 Å². The van der Waals surface area contributed by atoms with Crippen molar-refractivity contribution in [2.75, 3.05) is 19.6 Å². The van der Waals surface area contributed by atoms with Crippen LogP contribution in [0.15, 0.2) is 18.2 Å². The quantitative estimate of drug-likeness (QED) is 0.727. The van der Waals surface area contributed by atoms with Gasteiger partial charge < -0.3 is 15.7 Å². The standard InChI is InChI=1S/C12H14F2N2O2/c13-9-2-1-7(3-10(9)14)12(18)16-5-8-4-15-6-11(8)17/h1-3,8,11,15,17H,4-6H2,(H,16,18). The van der Waals surface area contributed by atoms with Crippen molar-refractivity contribution < 1.29 is 18.7 Å². The number of halogens is 2. The zero-order valence-corrected chi connectivity index (χ0v) is 9.62. The van der Waals surface area contributed by atoms with E-state index in [2.05, 4.69) is 10.6 Å². The molecular weight excluding hydrogens is 242 g/mol. The van der Waals surface area contributed by atoms with Gasteiger partial charge in [0.05, 0.1) is 6.10 Å². The maximum Gasteiger partial charge on any atom is 0.251 e. The van der Waals surface area contributed by atoms with Crippen LogP contribution in [0, 0.1) is 17.6 Å². The summed E-state index contributed by atoms with van der Waals surface area (Å²) >= 11 is 0. The highest BCUT2D eigenvalue weighted by Gasteiger charge is 2.25. The molecule has 0 aromatic heterocycles. The highest BCUT2D eigenvalue weighted by molar-refractivity contribution is 5.94. The predicted molar refractivity (Wildman–Crippen MR) is 61.1 cm³/mol. The average molecular weight is 256 g/mol. The lowest BCUT2D eigenvalue weighted by Gasteiger charge is -2.14. The van der Waals surface area contributed by atoms with Crippen molar-refractivity contribution in [1.82, 2.24) is 10.6 Å². The van der Waals surface area contributed by atoms with Gasteiger partial charge in [0.1, 0.15) is 0 Å². The van der Waals surface area contributed by atoms with Crippen LogP contribution in [0.4, 0.5) is 8.78 Å². The number of nitrogens with one attached hydrogen (secondary N) is 2. The predicted octanol–water partition coefficient (Wildman–Crippen LogP) is 0.275. The van der Waals surface area contributed by atoms with Gasteiger partial charge in [-0.15, -0.1) is 0 Å². The van der Waals surface area contributed by atoms with Gasteiger partial charge in [0.25, 0.3) is 5.91 Å². The Hall–Kier alpha value is -1.53. The lowest BCUT2D eigenvalue weighted by molar-refractivity contribution is 0.0926. The summed E-state index contributed by atoms with van der Waals surface area (Å²) in [5.41, 5.74) is 0.0642. The van der Waals surface area contributed by atoms with Crippen LogP contribution in [0.1, 0.15) is 10.4 Å². The molecule has 0 saturated carbocycles. The van der Waals surface area contributed by atoms with Gasteiger partial charge in [0.2, 0.25) is 0 Å². The van der Waals surface area contributed by atoms with Crippen molar-refractivity contribution in [3.63, 3.8) is 0 Å². The van der Waals surface area contributed by atoms with Gasteiger partial charge in [0.15, 0.2) is 11.6 Å². The first-order valence-corrected chi connectivity index (χ1v) is 5.70. The summed E-state index contributed by atoms with van der Waals surface area (Å²) in [5.74, 6) is -2.57. The molecule has 4 nitrogen and oxygen atoms in total. The highest BCUT2D eigenvalue weighted by Crippen LogP contribution is 2.10. The van der Waals surface area contributed by atoms with Crippen LogP contribution in [0.2, 0.25) is 0 Å². The van der Waals surface area contributed by atoms with E-state index in [1.54, 1.807) is 0 Å². The number of benzene rings is 1. The van der Waals surface area contributed by atoms with Crippen molar-refractivity contribution in [3.8, 4) is 0 Å². The van der Waals surface area contributed by atoms with E-state index in [1.165, 1.54) is 6.07 Å². The van der Waals surface area contributed by atoms with E-state index in [0.29, 0.717) is 19.6 Å². The van der Waals surface area contributed by atoms with Crippen molar-refractivity contribution in [3.05, 3.63) is 35.4 Å². The van der Waals surface area contributed by atoms with Crippen molar-refractivity contribution in [2.45, 2.75) is 6.10 Å². The smallest absolute Gasteiger partial charge is 0.251 e. The van der Waals surface area contributed by atoms with Crippen molar-refractivity contribution >= 4 is 5.91 Å². The summed E-state index contributed by atoms with van der Waals surface area (Å²) in [6.45, 7) is 1.43. The monoisotopic (exact) mass is 256 g/mol. The second-order valence-electron chi connectivity index (χ2n) is 4.32. The van der Waals surface area contributed by atoms with Crippen LogP contribution in [0.5, 0.6) is 0 Å². The SMILES string of the molecule is O=C(NCC1CNCC1O)c1ccc(F)c(F)c1. The van der Waals surface area contributed by atoms with E-state index in [-0.39, 0.29) is 11.5 Å². The molecule has 6 heteroatoms. The zero-order valence-electron chi connectivity index (χ0n) is 9.62. The number of β-amino-alcohol motifs (C(OH)–C–C–N with tert-alkyl or cyclic N) is 1. The summed E-state index contributed by atoms with van der Waals surface area (Å²) in [7, 11) is 0. The van der Waals surface area contributed by atoms with Gasteiger partial charge in [-0.25, -0.2) is 8.78 Å². The van der Waals surface area contributed by atoms with Crippen LogP contribution in [0.25, 0.3) is 0 Å². The maximum absolute atomic E-state index is 12.9. The molecule has 1 aliphatic heterocycles. The van der Waals surface area contributed by atoms with E-state index >= 15 is 0 Å². The van der Waals surface area contributed by atoms with Crippen molar-refractivity contribution in [1.29, 1.82) is 0 Å². The molecule has 1 heterocycles. The Labute approximate surface area is 103 Å². The van der Waals surface area contributed by atoms with Gasteiger partial charge in [-0.1, -0.05) is 0 Å². The van der Waals surface area contributed by atoms with Crippen LogP contribution in [0.3, 0.4) is 0 Å². The molecule has 1 aromatic rings. The molecule has 0 spiro atoms. The topological polar surface area (TPSA) is 61.4 Å². The summed E-state index contributed by atoms with van der Waals surface area (Å²) in [5, 5.41) is 15.1. The second kappa shape index (κ2) is 5.41. The number of carbonyl (C=O) groups excluding carboxylic acids is 1. The van der Waals surface area contributed by atoms with E-state index < -0.39 is 23.6 Å². The number of hydrogen-bond acceptors (Lipinski definition) is 3. The lowest BCUT2D eigenvalue weighted by atomic mass is 10.1. The average Bonchev–Trinajstić information content (AvgIpc) is 2.75. The van der Waals surface area contributed by atoms with Gasteiger partial charge in [-0.05, 0) is 18.2 Å². The second-order valence-corrected chi connectivity index (χ2v) is 4.32. The van der Waals surface area contributed by atoms with Crippen LogP contribution < -0.4 is 10.6 Å². The molecule has 98 valence electrons. The fraction of sp³-hybridized carbons (Fsp3) is 0.417. The number of aliphatic hydroxyl groups excluding tert-OH is 1. The molecule has 3 N–H and O–H groups in total. The molecular formula is C12H14F2N2O2. The number of rotatable bonds is 3. The van der Waals surface area contributed by atoms with Crippen LogP contribution in [-0.4, -0.2) is 36.8 Å². The summed E-state index contributed by atoms with van der Waals surface area (Å²) in [6, 6.07) is 2.99. The van der Waals surface area contributed by atoms with E-state index in [0.717, 1.165) is 12.1 Å². The fourth-order valence-electron chi connectivity index (χ4n) is 1.89. The van der Waals surface area contributed by atoms with Gasteiger partial charge in [-0.2, -0.15) is 0 Å². The van der Waals surface area contributed by atoms with E-state index in [1.807, 2.05) is 0 Å². The largest absolute Gasteiger partial charge is 0.391 e. The number of aliphatic hydroxyl groups is 1. The minimum absolute atomic E-state index is 0.0563. The summed E-state index contributed by atoms with van der Waals surface area (Å²) in [6.07, 6.45) is -0.491. The lowest BCUT2D eigenvalue weighted by Crippen LogP contribution is -2.34. The Balaban J connectivity index is 1.93. The highest BCUT2D eigenvalue weighted by atomic mass is 19.2. The molecule has 1 aromatic carbocycles. The molecule has 2 unspecified atom stereocenters. The third-order valence-corrected chi connectivity index (χ3v) is 3.01. The maximum atomic E-state index is 12.9. The first-order valence-electron chi connectivity index (χ1n) is 5.70. The first-order chi connectivity index (χ1) is 8.58. The molecule has 1 fully saturated rings. The molecule has 1 aliphatic rings. The van der Waals surface area contributed by atoms with E-state index in [4.69, 9.17) is 0 Å².